The van der Waals surface area contributed by atoms with Crippen molar-refractivity contribution < 1.29 is 19.4 Å². The number of hydrogen-bond acceptors (Lipinski definition) is 6. The summed E-state index contributed by atoms with van der Waals surface area (Å²) < 4.78 is 11.6. The predicted octanol–water partition coefficient (Wildman–Crippen LogP) is 2.87. The van der Waals surface area contributed by atoms with E-state index in [1.807, 2.05) is 43.0 Å². The van der Waals surface area contributed by atoms with Crippen molar-refractivity contribution in [2.45, 2.75) is 44.9 Å². The topological polar surface area (TPSA) is 94.8 Å². The number of ether oxygens (including phenoxy) is 2. The van der Waals surface area contributed by atoms with Crippen molar-refractivity contribution in [1.82, 2.24) is 5.32 Å². The Labute approximate surface area is 183 Å². The molecule has 0 aliphatic carbocycles. The van der Waals surface area contributed by atoms with E-state index in [-0.39, 0.29) is 18.6 Å². The van der Waals surface area contributed by atoms with Gasteiger partial charge in [0.1, 0.15) is 24.2 Å². The summed E-state index contributed by atoms with van der Waals surface area (Å²) in [5.74, 6) is 1.07. The molecule has 0 aromatic heterocycles. The van der Waals surface area contributed by atoms with Gasteiger partial charge in [-0.05, 0) is 49.2 Å². The van der Waals surface area contributed by atoms with Crippen LogP contribution in [0.2, 0.25) is 0 Å². The Hall–Kier alpha value is -3.24. The average molecular weight is 424 g/mol. The fourth-order valence-electron chi connectivity index (χ4n) is 3.53. The smallest absolute Gasteiger partial charge is 0.263 e. The van der Waals surface area contributed by atoms with Gasteiger partial charge >= 0.3 is 0 Å². The minimum absolute atomic E-state index is 0.0933. The highest BCUT2D eigenvalue weighted by Gasteiger charge is 2.32. The molecule has 1 aliphatic heterocycles. The number of para-hydroxylation sites is 2. The first-order chi connectivity index (χ1) is 15.0. The summed E-state index contributed by atoms with van der Waals surface area (Å²) in [5.41, 5.74) is 1.39. The number of anilines is 1. The third kappa shape index (κ3) is 5.89. The molecule has 2 unspecified atom stereocenters. The Morgan fingerprint density at radius 2 is 1.97 bits per heavy atom. The van der Waals surface area contributed by atoms with Gasteiger partial charge in [0.15, 0.2) is 6.10 Å². The van der Waals surface area contributed by atoms with E-state index < -0.39 is 12.2 Å². The van der Waals surface area contributed by atoms with Gasteiger partial charge < -0.3 is 24.8 Å². The van der Waals surface area contributed by atoms with Crippen molar-refractivity contribution in [3.05, 3.63) is 54.1 Å². The van der Waals surface area contributed by atoms with Crippen molar-refractivity contribution in [2.75, 3.05) is 24.6 Å². The maximum atomic E-state index is 12.8. The van der Waals surface area contributed by atoms with Crippen molar-refractivity contribution in [2.24, 2.45) is 0 Å². The van der Waals surface area contributed by atoms with E-state index in [2.05, 4.69) is 11.4 Å². The first-order valence-electron chi connectivity index (χ1n) is 10.7. The van der Waals surface area contributed by atoms with Crippen LogP contribution in [0.3, 0.4) is 0 Å². The Kier molecular flexibility index (Phi) is 7.74. The standard InChI is InChI=1S/C24H29N3O4/c1-3-18(4-2)26-24(29)23-15-27(21-7-5-6-8-22(21)31-23)14-19(28)16-30-20-11-9-17(13-25)10-12-20/h5-12,18-19,23,28H,3-4,14-16H2,1-2H3,(H,26,29). The molecule has 2 atom stereocenters. The first-order valence-corrected chi connectivity index (χ1v) is 10.7. The average Bonchev–Trinajstić information content (AvgIpc) is 2.81. The second kappa shape index (κ2) is 10.7. The number of carbonyl (C=O) groups is 1. The molecule has 3 rings (SSSR count). The number of carbonyl (C=O) groups excluding carboxylic acids is 1. The fraction of sp³-hybridized carbons (Fsp3) is 0.417. The third-order valence-corrected chi connectivity index (χ3v) is 5.34. The summed E-state index contributed by atoms with van der Waals surface area (Å²) in [5, 5.41) is 22.5. The van der Waals surface area contributed by atoms with Crippen LogP contribution in [0.1, 0.15) is 32.3 Å². The van der Waals surface area contributed by atoms with Crippen LogP contribution in [-0.2, 0) is 4.79 Å². The molecule has 0 spiro atoms. The highest BCUT2D eigenvalue weighted by atomic mass is 16.5. The zero-order valence-corrected chi connectivity index (χ0v) is 18.0. The molecule has 31 heavy (non-hydrogen) atoms. The molecule has 164 valence electrons. The number of nitrogens with one attached hydrogen (secondary N) is 1. The normalized spacial score (nSPS) is 16.1. The lowest BCUT2D eigenvalue weighted by Crippen LogP contribution is -2.52. The third-order valence-electron chi connectivity index (χ3n) is 5.34. The van der Waals surface area contributed by atoms with Crippen molar-refractivity contribution in [3.63, 3.8) is 0 Å². The maximum Gasteiger partial charge on any atom is 0.263 e. The van der Waals surface area contributed by atoms with Gasteiger partial charge in [-0.1, -0.05) is 26.0 Å². The lowest BCUT2D eigenvalue weighted by Gasteiger charge is -2.37. The number of rotatable bonds is 9. The molecule has 0 radical (unpaired) electrons. The summed E-state index contributed by atoms with van der Waals surface area (Å²) in [7, 11) is 0. The molecule has 2 aromatic carbocycles. The van der Waals surface area contributed by atoms with Gasteiger partial charge in [0.05, 0.1) is 23.9 Å². The molecule has 7 heteroatoms. The zero-order chi connectivity index (χ0) is 22.2. The van der Waals surface area contributed by atoms with E-state index in [4.69, 9.17) is 14.7 Å². The number of amides is 1. The molecule has 0 saturated heterocycles. The first kappa shape index (κ1) is 22.4. The molecule has 7 nitrogen and oxygen atoms in total. The number of nitrogens with zero attached hydrogens (tertiary/aromatic N) is 2. The second-order valence-electron chi connectivity index (χ2n) is 7.60. The van der Waals surface area contributed by atoms with E-state index in [1.165, 1.54) is 0 Å². The molecule has 0 bridgehead atoms. The van der Waals surface area contributed by atoms with Crippen molar-refractivity contribution >= 4 is 11.6 Å². The number of aliphatic hydroxyl groups is 1. The molecule has 1 amide bonds. The lowest BCUT2D eigenvalue weighted by molar-refractivity contribution is -0.128. The van der Waals surface area contributed by atoms with Gasteiger partial charge in [-0.3, -0.25) is 4.79 Å². The number of aliphatic hydroxyl groups excluding tert-OH is 1. The van der Waals surface area contributed by atoms with Crippen molar-refractivity contribution in [3.8, 4) is 17.6 Å². The van der Waals surface area contributed by atoms with Gasteiger partial charge in [0.25, 0.3) is 5.91 Å². The monoisotopic (exact) mass is 423 g/mol. The Morgan fingerprint density at radius 1 is 1.26 bits per heavy atom. The van der Waals surface area contributed by atoms with Gasteiger partial charge in [-0.15, -0.1) is 0 Å². The van der Waals surface area contributed by atoms with E-state index >= 15 is 0 Å². The summed E-state index contributed by atoms with van der Waals surface area (Å²) in [6.07, 6.45) is 0.299. The number of hydrogen-bond donors (Lipinski definition) is 2. The Bertz CT molecular complexity index is 906. The maximum absolute atomic E-state index is 12.8. The van der Waals surface area contributed by atoms with Crippen LogP contribution in [0, 0.1) is 11.3 Å². The molecule has 2 N–H and O–H groups in total. The van der Waals surface area contributed by atoms with E-state index in [0.717, 1.165) is 18.5 Å². The van der Waals surface area contributed by atoms with Gasteiger partial charge in [-0.25, -0.2) is 0 Å². The zero-order valence-electron chi connectivity index (χ0n) is 18.0. The molecule has 0 fully saturated rings. The molecular formula is C24H29N3O4. The second-order valence-corrected chi connectivity index (χ2v) is 7.60. The predicted molar refractivity (Wildman–Crippen MR) is 118 cm³/mol. The Morgan fingerprint density at radius 3 is 2.65 bits per heavy atom. The van der Waals surface area contributed by atoms with E-state index in [1.54, 1.807) is 24.3 Å². The number of fused-ring (bicyclic) bond motifs is 1. The van der Waals surface area contributed by atoms with Gasteiger partial charge in [0.2, 0.25) is 0 Å². The van der Waals surface area contributed by atoms with Crippen LogP contribution >= 0.6 is 0 Å². The minimum atomic E-state index is -0.774. The SMILES string of the molecule is CCC(CC)NC(=O)C1CN(CC(O)COc2ccc(C#N)cc2)c2ccccc2O1. The van der Waals surface area contributed by atoms with Crippen LogP contribution < -0.4 is 19.7 Å². The fourth-order valence-corrected chi connectivity index (χ4v) is 3.53. The highest BCUT2D eigenvalue weighted by molar-refractivity contribution is 5.83. The van der Waals surface area contributed by atoms with Crippen molar-refractivity contribution in [1.29, 1.82) is 5.26 Å². The van der Waals surface area contributed by atoms with Crippen LogP contribution in [0.15, 0.2) is 48.5 Å². The molecule has 2 aromatic rings. The summed E-state index contributed by atoms with van der Waals surface area (Å²) in [6, 6.07) is 16.4. The molecular weight excluding hydrogens is 394 g/mol. The lowest BCUT2D eigenvalue weighted by atomic mass is 10.1. The van der Waals surface area contributed by atoms with Gasteiger partial charge in [0, 0.05) is 12.6 Å². The molecule has 0 saturated carbocycles. The highest BCUT2D eigenvalue weighted by Crippen LogP contribution is 2.33. The van der Waals surface area contributed by atoms with Crippen LogP contribution in [-0.4, -0.2) is 49.0 Å². The van der Waals surface area contributed by atoms with E-state index in [0.29, 0.717) is 30.2 Å². The summed E-state index contributed by atoms with van der Waals surface area (Å²) >= 11 is 0. The molecule has 1 heterocycles. The van der Waals surface area contributed by atoms with Gasteiger partial charge in [-0.2, -0.15) is 5.26 Å². The summed E-state index contributed by atoms with van der Waals surface area (Å²) in [6.45, 7) is 4.82. The summed E-state index contributed by atoms with van der Waals surface area (Å²) in [4.78, 5) is 14.7. The number of nitriles is 1. The van der Waals surface area contributed by atoms with Crippen LogP contribution in [0.4, 0.5) is 5.69 Å². The quantitative estimate of drug-likeness (QED) is 0.644. The van der Waals surface area contributed by atoms with E-state index in [9.17, 15) is 9.90 Å². The number of β-amino-alcohol motifs (C(OH)–C–C–N with tert-alkyl or cyclic N) is 1. The van der Waals surface area contributed by atoms with Crippen LogP contribution in [0.5, 0.6) is 11.5 Å². The number of benzene rings is 2. The minimum Gasteiger partial charge on any atom is -0.491 e. The van der Waals surface area contributed by atoms with Crippen LogP contribution in [0.25, 0.3) is 0 Å². The largest absolute Gasteiger partial charge is 0.491 e. The Balaban J connectivity index is 1.64. The molecule has 1 aliphatic rings.